The highest BCUT2D eigenvalue weighted by molar-refractivity contribution is 7.12. The molecule has 90 valence electrons. The van der Waals surface area contributed by atoms with Gasteiger partial charge in [-0.2, -0.15) is 0 Å². The van der Waals surface area contributed by atoms with Gasteiger partial charge >= 0.3 is 0 Å². The van der Waals surface area contributed by atoms with E-state index in [0.717, 1.165) is 0 Å². The molecule has 1 saturated carbocycles. The Kier molecular flexibility index (Phi) is 2.69. The Morgan fingerprint density at radius 2 is 1.81 bits per heavy atom. The minimum atomic E-state index is 0.295. The van der Waals surface area contributed by atoms with E-state index in [1.165, 1.54) is 9.75 Å². The summed E-state index contributed by atoms with van der Waals surface area (Å²) in [5, 5.41) is 0. The molecule has 1 unspecified atom stereocenters. The summed E-state index contributed by atoms with van der Waals surface area (Å²) in [6.45, 7) is 11.5. The van der Waals surface area contributed by atoms with Crippen LogP contribution in [0.3, 0.4) is 0 Å². The molecule has 1 heterocycles. The van der Waals surface area contributed by atoms with Gasteiger partial charge in [0.15, 0.2) is 0 Å². The van der Waals surface area contributed by atoms with Crippen molar-refractivity contribution in [3.63, 3.8) is 0 Å². The van der Waals surface area contributed by atoms with E-state index < -0.39 is 0 Å². The highest BCUT2D eigenvalue weighted by Gasteiger charge is 2.67. The van der Waals surface area contributed by atoms with Gasteiger partial charge in [0.1, 0.15) is 0 Å². The van der Waals surface area contributed by atoms with E-state index in [1.54, 1.807) is 0 Å². The lowest BCUT2D eigenvalue weighted by atomic mass is 10.0. The van der Waals surface area contributed by atoms with Gasteiger partial charge < -0.3 is 0 Å². The largest absolute Gasteiger partial charge is 0.271 e. The van der Waals surface area contributed by atoms with E-state index in [4.69, 9.17) is 5.84 Å². The monoisotopic (exact) mass is 238 g/mol. The summed E-state index contributed by atoms with van der Waals surface area (Å²) < 4.78 is 0. The van der Waals surface area contributed by atoms with Gasteiger partial charge in [0.25, 0.3) is 0 Å². The summed E-state index contributed by atoms with van der Waals surface area (Å²) in [5.74, 6) is 6.37. The zero-order valence-electron chi connectivity index (χ0n) is 10.8. The highest BCUT2D eigenvalue weighted by Crippen LogP contribution is 2.72. The summed E-state index contributed by atoms with van der Waals surface area (Å²) in [7, 11) is 0. The first-order valence-electron chi connectivity index (χ1n) is 5.85. The third-order valence-electron chi connectivity index (χ3n) is 4.71. The van der Waals surface area contributed by atoms with Crippen LogP contribution in [0.4, 0.5) is 0 Å². The number of hydrogen-bond donors (Lipinski definition) is 2. The van der Waals surface area contributed by atoms with Gasteiger partial charge in [0.05, 0.1) is 6.04 Å². The second kappa shape index (κ2) is 3.56. The number of hydrazine groups is 1. The van der Waals surface area contributed by atoms with E-state index in [0.29, 0.717) is 22.8 Å². The maximum absolute atomic E-state index is 5.75. The first-order chi connectivity index (χ1) is 7.32. The van der Waals surface area contributed by atoms with Crippen molar-refractivity contribution in [3.8, 4) is 0 Å². The van der Waals surface area contributed by atoms with Gasteiger partial charge in [0, 0.05) is 9.75 Å². The molecule has 1 aliphatic carbocycles. The maximum Gasteiger partial charge on any atom is 0.0592 e. The molecule has 1 aromatic heterocycles. The number of nitrogens with two attached hydrogens (primary N) is 1. The molecule has 0 aliphatic heterocycles. The van der Waals surface area contributed by atoms with E-state index in [1.807, 2.05) is 11.3 Å². The van der Waals surface area contributed by atoms with Crippen molar-refractivity contribution in [1.82, 2.24) is 5.43 Å². The van der Waals surface area contributed by atoms with Crippen molar-refractivity contribution in [2.75, 3.05) is 0 Å². The number of thiophene rings is 1. The van der Waals surface area contributed by atoms with Gasteiger partial charge in [-0.25, -0.2) is 0 Å². The fourth-order valence-corrected chi connectivity index (χ4v) is 4.02. The van der Waals surface area contributed by atoms with Crippen LogP contribution in [0.2, 0.25) is 0 Å². The molecule has 0 amide bonds. The molecular weight excluding hydrogens is 216 g/mol. The first-order valence-corrected chi connectivity index (χ1v) is 6.66. The second-order valence-corrected chi connectivity index (χ2v) is 7.33. The SMILES string of the molecule is Cc1ccc(C(NN)C2C(C)(C)C2(C)C)s1. The third kappa shape index (κ3) is 1.53. The average molecular weight is 238 g/mol. The van der Waals surface area contributed by atoms with Crippen molar-refractivity contribution in [2.24, 2.45) is 22.6 Å². The molecule has 1 fully saturated rings. The predicted octanol–water partition coefficient (Wildman–Crippen LogP) is 3.24. The lowest BCUT2D eigenvalue weighted by Crippen LogP contribution is -2.30. The van der Waals surface area contributed by atoms with Crippen LogP contribution >= 0.6 is 11.3 Å². The molecule has 0 spiro atoms. The van der Waals surface area contributed by atoms with Crippen LogP contribution in [0.5, 0.6) is 0 Å². The second-order valence-electron chi connectivity index (χ2n) is 6.01. The van der Waals surface area contributed by atoms with E-state index >= 15 is 0 Å². The van der Waals surface area contributed by atoms with Gasteiger partial charge in [-0.1, -0.05) is 27.7 Å². The van der Waals surface area contributed by atoms with Gasteiger partial charge in [-0.05, 0) is 35.8 Å². The van der Waals surface area contributed by atoms with Crippen LogP contribution in [-0.2, 0) is 0 Å². The zero-order chi connectivity index (χ0) is 12.1. The summed E-state index contributed by atoms with van der Waals surface area (Å²) in [6, 6.07) is 4.67. The Balaban J connectivity index is 2.26. The fraction of sp³-hybridized carbons (Fsp3) is 0.692. The van der Waals surface area contributed by atoms with Gasteiger partial charge in [-0.3, -0.25) is 11.3 Å². The molecular formula is C13H22N2S. The van der Waals surface area contributed by atoms with Crippen LogP contribution in [0, 0.1) is 23.7 Å². The van der Waals surface area contributed by atoms with Crippen molar-refractivity contribution >= 4 is 11.3 Å². The van der Waals surface area contributed by atoms with Crippen molar-refractivity contribution in [2.45, 2.75) is 40.7 Å². The van der Waals surface area contributed by atoms with Crippen LogP contribution in [-0.4, -0.2) is 0 Å². The number of aryl methyl sites for hydroxylation is 1. The molecule has 1 aliphatic rings. The molecule has 16 heavy (non-hydrogen) atoms. The molecule has 3 N–H and O–H groups in total. The quantitative estimate of drug-likeness (QED) is 0.626. The van der Waals surface area contributed by atoms with Crippen molar-refractivity contribution in [1.29, 1.82) is 0 Å². The lowest BCUT2D eigenvalue weighted by molar-refractivity contribution is 0.423. The van der Waals surface area contributed by atoms with E-state index in [2.05, 4.69) is 52.2 Å². The molecule has 0 aromatic carbocycles. The standard InChI is InChI=1S/C13H22N2S/c1-8-6-7-9(16-8)10(15-14)11-12(2,3)13(11,4)5/h6-7,10-11,15H,14H2,1-5H3. The summed E-state index contributed by atoms with van der Waals surface area (Å²) in [6.07, 6.45) is 0. The minimum absolute atomic E-state index is 0.295. The average Bonchev–Trinajstić information content (AvgIpc) is 2.55. The molecule has 2 nitrogen and oxygen atoms in total. The normalized spacial score (nSPS) is 24.4. The van der Waals surface area contributed by atoms with Crippen LogP contribution in [0.25, 0.3) is 0 Å². The zero-order valence-corrected chi connectivity index (χ0v) is 11.6. The molecule has 3 heteroatoms. The minimum Gasteiger partial charge on any atom is -0.271 e. The van der Waals surface area contributed by atoms with E-state index in [9.17, 15) is 0 Å². The first kappa shape index (κ1) is 12.1. The Morgan fingerprint density at radius 3 is 2.12 bits per heavy atom. The topological polar surface area (TPSA) is 38.0 Å². The highest BCUT2D eigenvalue weighted by atomic mass is 32.1. The lowest BCUT2D eigenvalue weighted by Gasteiger charge is -2.16. The Hall–Kier alpha value is -0.380. The number of hydrogen-bond acceptors (Lipinski definition) is 3. The van der Waals surface area contributed by atoms with Crippen molar-refractivity contribution in [3.05, 3.63) is 21.9 Å². The van der Waals surface area contributed by atoms with Crippen molar-refractivity contribution < 1.29 is 0 Å². The molecule has 0 bridgehead atoms. The fourth-order valence-electron chi connectivity index (χ4n) is 3.04. The predicted molar refractivity (Wildman–Crippen MR) is 70.2 cm³/mol. The Labute approximate surface area is 102 Å². The van der Waals surface area contributed by atoms with Crippen LogP contribution in [0.15, 0.2) is 12.1 Å². The molecule has 0 radical (unpaired) electrons. The third-order valence-corrected chi connectivity index (χ3v) is 5.80. The summed E-state index contributed by atoms with van der Waals surface area (Å²) >= 11 is 1.85. The smallest absolute Gasteiger partial charge is 0.0592 e. The molecule has 0 saturated heterocycles. The number of nitrogens with one attached hydrogen (secondary N) is 1. The molecule has 1 atom stereocenters. The number of rotatable bonds is 3. The van der Waals surface area contributed by atoms with Crippen LogP contribution < -0.4 is 11.3 Å². The summed E-state index contributed by atoms with van der Waals surface area (Å²) in [4.78, 5) is 2.72. The van der Waals surface area contributed by atoms with Crippen LogP contribution in [0.1, 0.15) is 43.5 Å². The Bertz CT molecular complexity index is 378. The maximum atomic E-state index is 5.75. The van der Waals surface area contributed by atoms with Gasteiger partial charge in [-0.15, -0.1) is 11.3 Å². The summed E-state index contributed by atoms with van der Waals surface area (Å²) in [5.41, 5.74) is 3.74. The molecule has 1 aromatic rings. The molecule has 2 rings (SSSR count). The Morgan fingerprint density at radius 1 is 1.25 bits per heavy atom. The van der Waals surface area contributed by atoms with E-state index in [-0.39, 0.29) is 0 Å². The van der Waals surface area contributed by atoms with Gasteiger partial charge in [0.2, 0.25) is 0 Å².